The van der Waals surface area contributed by atoms with E-state index in [4.69, 9.17) is 0 Å². The smallest absolute Gasteiger partial charge is 0.0770 e. The third kappa shape index (κ3) is 11.9. The normalized spacial score (nSPS) is 10.8. The molecule has 0 nitrogen and oxygen atoms in total. The van der Waals surface area contributed by atoms with E-state index in [1.807, 2.05) is 0 Å². The van der Waals surface area contributed by atoms with Gasteiger partial charge in [0.05, 0.1) is 0 Å². The van der Waals surface area contributed by atoms with E-state index >= 15 is 0 Å². The molecule has 0 rings (SSSR count). The highest BCUT2D eigenvalue weighted by Gasteiger charge is 2.07. The van der Waals surface area contributed by atoms with Crippen LogP contribution in [-0.4, -0.2) is 13.4 Å². The van der Waals surface area contributed by atoms with Gasteiger partial charge in [-0.2, -0.15) is 0 Å². The Kier molecular flexibility index (Phi) is 15.6. The van der Waals surface area contributed by atoms with Gasteiger partial charge in [0.15, 0.2) is 0 Å². The van der Waals surface area contributed by atoms with Crippen molar-refractivity contribution < 1.29 is 0 Å². The average Bonchev–Trinajstić information content (AvgIpc) is 2.49. The summed E-state index contributed by atoms with van der Waals surface area (Å²) in [6.07, 6.45) is 20.3. The summed E-state index contributed by atoms with van der Waals surface area (Å²) >= 11 is 0. The second-order valence-electron chi connectivity index (χ2n) is 6.77. The topological polar surface area (TPSA) is 0 Å². The molecule has 0 saturated carbocycles. The number of hydrogen-bond donors (Lipinski definition) is 0. The molecule has 0 fully saturated rings. The van der Waals surface area contributed by atoms with Gasteiger partial charge >= 0.3 is 0 Å². The number of rotatable bonds is 15. The fraction of sp³-hybridized carbons (Fsp3) is 1.00. The van der Waals surface area contributed by atoms with Gasteiger partial charge in [-0.15, -0.1) is 0 Å². The van der Waals surface area contributed by atoms with E-state index in [0.29, 0.717) is 0 Å². The molecule has 0 radical (unpaired) electrons. The number of hydrogen-bond acceptors (Lipinski definition) is 0. The summed E-state index contributed by atoms with van der Waals surface area (Å²) in [6.45, 7) is 11.4. The van der Waals surface area contributed by atoms with Crippen molar-refractivity contribution in [3.05, 3.63) is 0 Å². The van der Waals surface area contributed by atoms with Crippen LogP contribution in [0.1, 0.15) is 79.1 Å². The molecule has 0 aliphatic heterocycles. The van der Waals surface area contributed by atoms with E-state index in [0.717, 1.165) is 13.4 Å². The minimum absolute atomic E-state index is 1.00. The molecule has 0 aliphatic rings. The Morgan fingerprint density at radius 1 is 0.400 bits per heavy atom. The SMILES string of the molecule is CCB(CC)CCCCCCCCCCB(CC)CC. The lowest BCUT2D eigenvalue weighted by Gasteiger charge is -2.08. The Labute approximate surface area is 131 Å². The van der Waals surface area contributed by atoms with Crippen molar-refractivity contribution in [2.45, 2.75) is 117 Å². The van der Waals surface area contributed by atoms with Gasteiger partial charge in [0.1, 0.15) is 13.4 Å². The minimum Gasteiger partial charge on any atom is -0.0770 e. The standard InChI is InChI=1S/C18H40B2/c1-5-19(6-2)17-15-13-11-9-10-12-14-16-18-20(7-3)8-4/h5-18H2,1-4H3. The maximum atomic E-state index is 2.34. The summed E-state index contributed by atoms with van der Waals surface area (Å²) in [6, 6.07) is 0. The highest BCUT2D eigenvalue weighted by Crippen LogP contribution is 2.15. The molecule has 0 aromatic carbocycles. The molecule has 0 unspecified atom stereocenters. The molecule has 0 atom stereocenters. The first kappa shape index (κ1) is 20.1. The molecule has 20 heavy (non-hydrogen) atoms. The molecule has 0 aromatic rings. The third-order valence-electron chi connectivity index (χ3n) is 5.28. The van der Waals surface area contributed by atoms with Gasteiger partial charge < -0.3 is 0 Å². The summed E-state index contributed by atoms with van der Waals surface area (Å²) in [7, 11) is 0. The van der Waals surface area contributed by atoms with Crippen molar-refractivity contribution in [3.63, 3.8) is 0 Å². The minimum atomic E-state index is 1.00. The van der Waals surface area contributed by atoms with Gasteiger partial charge in [-0.3, -0.25) is 0 Å². The van der Waals surface area contributed by atoms with Crippen molar-refractivity contribution in [3.8, 4) is 0 Å². The van der Waals surface area contributed by atoms with E-state index in [9.17, 15) is 0 Å². The Bertz CT molecular complexity index is 154. The van der Waals surface area contributed by atoms with Crippen LogP contribution in [0.3, 0.4) is 0 Å². The van der Waals surface area contributed by atoms with Crippen LogP contribution in [0.15, 0.2) is 0 Å². The zero-order valence-corrected chi connectivity index (χ0v) is 15.1. The second-order valence-corrected chi connectivity index (χ2v) is 6.77. The lowest BCUT2D eigenvalue weighted by atomic mass is 9.43. The first-order valence-corrected chi connectivity index (χ1v) is 9.78. The van der Waals surface area contributed by atoms with E-state index in [1.54, 1.807) is 0 Å². The van der Waals surface area contributed by atoms with Crippen LogP contribution in [-0.2, 0) is 0 Å². The summed E-state index contributed by atoms with van der Waals surface area (Å²) in [4.78, 5) is 0. The lowest BCUT2D eigenvalue weighted by Crippen LogP contribution is -2.07. The van der Waals surface area contributed by atoms with Crippen molar-refractivity contribution in [1.29, 1.82) is 0 Å². The monoisotopic (exact) mass is 278 g/mol. The highest BCUT2D eigenvalue weighted by atomic mass is 14.0. The molecular weight excluding hydrogens is 238 g/mol. The van der Waals surface area contributed by atoms with E-state index in [-0.39, 0.29) is 0 Å². The Balaban J connectivity index is 3.17. The van der Waals surface area contributed by atoms with E-state index < -0.39 is 0 Å². The van der Waals surface area contributed by atoms with Crippen molar-refractivity contribution in [2.75, 3.05) is 0 Å². The predicted octanol–water partition coefficient (Wildman–Crippen LogP) is 7.18. The highest BCUT2D eigenvalue weighted by molar-refractivity contribution is 6.58. The first-order valence-electron chi connectivity index (χ1n) is 9.78. The lowest BCUT2D eigenvalue weighted by molar-refractivity contribution is 0.583. The first-order chi connectivity index (χ1) is 9.78. The van der Waals surface area contributed by atoms with Crippen LogP contribution in [0.4, 0.5) is 0 Å². The third-order valence-corrected chi connectivity index (χ3v) is 5.28. The van der Waals surface area contributed by atoms with Crippen LogP contribution in [0.25, 0.3) is 0 Å². The van der Waals surface area contributed by atoms with E-state index in [1.165, 1.54) is 89.3 Å². The van der Waals surface area contributed by atoms with Crippen LogP contribution in [0, 0.1) is 0 Å². The molecular formula is C18H40B2. The predicted molar refractivity (Wildman–Crippen MR) is 100.0 cm³/mol. The maximum Gasteiger partial charge on any atom is 0.139 e. The van der Waals surface area contributed by atoms with Crippen LogP contribution in [0.2, 0.25) is 37.9 Å². The molecule has 0 amide bonds. The number of unbranched alkanes of at least 4 members (excludes halogenated alkanes) is 7. The second kappa shape index (κ2) is 15.5. The Morgan fingerprint density at radius 3 is 0.900 bits per heavy atom. The molecule has 0 saturated heterocycles. The summed E-state index contributed by atoms with van der Waals surface area (Å²) in [5.41, 5.74) is 0. The van der Waals surface area contributed by atoms with Crippen LogP contribution < -0.4 is 0 Å². The fourth-order valence-electron chi connectivity index (χ4n) is 3.32. The van der Waals surface area contributed by atoms with Gasteiger partial charge in [-0.1, -0.05) is 117 Å². The summed E-state index contributed by atoms with van der Waals surface area (Å²) in [5.74, 6) is 0. The molecule has 0 bridgehead atoms. The zero-order chi connectivity index (χ0) is 15.1. The van der Waals surface area contributed by atoms with Gasteiger partial charge in [0.25, 0.3) is 0 Å². The molecule has 0 aromatic heterocycles. The molecule has 118 valence electrons. The largest absolute Gasteiger partial charge is 0.139 e. The Morgan fingerprint density at radius 2 is 0.650 bits per heavy atom. The van der Waals surface area contributed by atoms with Crippen LogP contribution >= 0.6 is 0 Å². The van der Waals surface area contributed by atoms with Gasteiger partial charge in [-0.05, 0) is 0 Å². The molecule has 2 heteroatoms. The maximum absolute atomic E-state index is 2.34. The van der Waals surface area contributed by atoms with Crippen molar-refractivity contribution in [1.82, 2.24) is 0 Å². The van der Waals surface area contributed by atoms with E-state index in [2.05, 4.69) is 27.7 Å². The summed E-state index contributed by atoms with van der Waals surface area (Å²) in [5, 5.41) is 0. The van der Waals surface area contributed by atoms with Crippen molar-refractivity contribution in [2.24, 2.45) is 0 Å². The molecule has 0 N–H and O–H groups in total. The zero-order valence-electron chi connectivity index (χ0n) is 15.1. The van der Waals surface area contributed by atoms with Crippen LogP contribution in [0.5, 0.6) is 0 Å². The van der Waals surface area contributed by atoms with Gasteiger partial charge in [0.2, 0.25) is 0 Å². The fourth-order valence-corrected chi connectivity index (χ4v) is 3.32. The quantitative estimate of drug-likeness (QED) is 0.220. The molecule has 0 aliphatic carbocycles. The summed E-state index contributed by atoms with van der Waals surface area (Å²) < 4.78 is 0. The Hall–Kier alpha value is 0.130. The van der Waals surface area contributed by atoms with Crippen molar-refractivity contribution >= 4 is 13.4 Å². The molecule has 0 heterocycles. The van der Waals surface area contributed by atoms with Gasteiger partial charge in [-0.25, -0.2) is 0 Å². The average molecular weight is 278 g/mol. The molecule has 0 spiro atoms. The van der Waals surface area contributed by atoms with Gasteiger partial charge in [0, 0.05) is 0 Å².